The zero-order valence-corrected chi connectivity index (χ0v) is 12.5. The van der Waals surface area contributed by atoms with Crippen LogP contribution in [0.15, 0.2) is 16.8 Å². The fourth-order valence-corrected chi connectivity index (χ4v) is 2.93. The van der Waals surface area contributed by atoms with Crippen LogP contribution in [0.25, 0.3) is 0 Å². The number of piperazine rings is 1. The molecular weight excluding hydrogens is 274 g/mol. The Morgan fingerprint density at radius 1 is 1.55 bits per heavy atom. The lowest BCUT2D eigenvalue weighted by Crippen LogP contribution is -2.52. The van der Waals surface area contributed by atoms with E-state index in [1.165, 1.54) is 11.3 Å². The predicted molar refractivity (Wildman–Crippen MR) is 79.9 cm³/mol. The molecule has 2 amide bonds. The first-order valence-corrected chi connectivity index (χ1v) is 7.93. The Hall–Kier alpha value is -1.40. The standard InChI is InChI=1S/C14H21N3O2S/c1-11-9-15-6-7-17(11)13(18)3-2-5-16-14(19)12-4-8-20-10-12/h4,8,10-11,15H,2-3,5-7,9H2,1H3,(H,16,19). The summed E-state index contributed by atoms with van der Waals surface area (Å²) in [6.45, 7) is 5.11. The van der Waals surface area contributed by atoms with E-state index in [1.54, 1.807) is 6.07 Å². The van der Waals surface area contributed by atoms with Crippen molar-refractivity contribution in [3.63, 3.8) is 0 Å². The van der Waals surface area contributed by atoms with Crippen molar-refractivity contribution in [2.45, 2.75) is 25.8 Å². The third-order valence-corrected chi connectivity index (χ3v) is 4.14. The summed E-state index contributed by atoms with van der Waals surface area (Å²) in [4.78, 5) is 25.7. The first kappa shape index (κ1) is 15.0. The van der Waals surface area contributed by atoms with Gasteiger partial charge in [0.05, 0.1) is 0 Å². The van der Waals surface area contributed by atoms with Gasteiger partial charge in [-0.15, -0.1) is 0 Å². The van der Waals surface area contributed by atoms with Crippen LogP contribution in [-0.4, -0.2) is 48.9 Å². The summed E-state index contributed by atoms with van der Waals surface area (Å²) in [5, 5.41) is 9.81. The SMILES string of the molecule is CC1CNCCN1C(=O)CCCNC(=O)c1ccsc1. The summed E-state index contributed by atoms with van der Waals surface area (Å²) < 4.78 is 0. The number of carbonyl (C=O) groups is 2. The molecule has 1 unspecified atom stereocenters. The van der Waals surface area contributed by atoms with Gasteiger partial charge in [0, 0.05) is 49.6 Å². The second-order valence-corrected chi connectivity index (χ2v) is 5.79. The van der Waals surface area contributed by atoms with Gasteiger partial charge >= 0.3 is 0 Å². The van der Waals surface area contributed by atoms with Crippen LogP contribution in [0.3, 0.4) is 0 Å². The van der Waals surface area contributed by atoms with Crippen molar-refractivity contribution in [2.75, 3.05) is 26.2 Å². The van der Waals surface area contributed by atoms with Crippen LogP contribution >= 0.6 is 11.3 Å². The lowest BCUT2D eigenvalue weighted by Gasteiger charge is -2.34. The van der Waals surface area contributed by atoms with Gasteiger partial charge in [0.1, 0.15) is 0 Å². The number of thiophene rings is 1. The maximum absolute atomic E-state index is 12.1. The van der Waals surface area contributed by atoms with E-state index in [-0.39, 0.29) is 17.9 Å². The van der Waals surface area contributed by atoms with Crippen LogP contribution in [-0.2, 0) is 4.79 Å². The molecule has 1 atom stereocenters. The number of hydrogen-bond acceptors (Lipinski definition) is 4. The summed E-state index contributed by atoms with van der Waals surface area (Å²) in [6.07, 6.45) is 1.18. The lowest BCUT2D eigenvalue weighted by molar-refractivity contribution is -0.134. The van der Waals surface area contributed by atoms with Crippen LogP contribution in [0.4, 0.5) is 0 Å². The summed E-state index contributed by atoms with van der Waals surface area (Å²) in [7, 11) is 0. The minimum absolute atomic E-state index is 0.0609. The molecule has 0 bridgehead atoms. The monoisotopic (exact) mass is 295 g/mol. The molecule has 0 aromatic carbocycles. The highest BCUT2D eigenvalue weighted by atomic mass is 32.1. The Labute approximate surface area is 123 Å². The van der Waals surface area contributed by atoms with E-state index in [0.717, 1.165) is 19.6 Å². The number of hydrogen-bond donors (Lipinski definition) is 2. The van der Waals surface area contributed by atoms with Gasteiger partial charge in [0.25, 0.3) is 5.91 Å². The fraction of sp³-hybridized carbons (Fsp3) is 0.571. The maximum atomic E-state index is 12.1. The van der Waals surface area contributed by atoms with Gasteiger partial charge < -0.3 is 15.5 Å². The lowest BCUT2D eigenvalue weighted by atomic mass is 10.2. The predicted octanol–water partition coefficient (Wildman–Crippen LogP) is 1.08. The van der Waals surface area contributed by atoms with Crippen molar-refractivity contribution in [1.82, 2.24) is 15.5 Å². The van der Waals surface area contributed by atoms with Crippen LogP contribution < -0.4 is 10.6 Å². The van der Waals surface area contributed by atoms with Gasteiger partial charge in [0.15, 0.2) is 0 Å². The van der Waals surface area contributed by atoms with Crippen molar-refractivity contribution in [3.8, 4) is 0 Å². The first-order valence-electron chi connectivity index (χ1n) is 6.99. The van der Waals surface area contributed by atoms with Crippen LogP contribution in [0.2, 0.25) is 0 Å². The average Bonchev–Trinajstić information content (AvgIpc) is 2.98. The molecule has 1 fully saturated rings. The van der Waals surface area contributed by atoms with Crippen molar-refractivity contribution in [3.05, 3.63) is 22.4 Å². The average molecular weight is 295 g/mol. The Morgan fingerprint density at radius 2 is 2.40 bits per heavy atom. The molecular formula is C14H21N3O2S. The summed E-state index contributed by atoms with van der Waals surface area (Å²) in [6, 6.07) is 2.06. The highest BCUT2D eigenvalue weighted by Crippen LogP contribution is 2.07. The van der Waals surface area contributed by atoms with Crippen molar-refractivity contribution < 1.29 is 9.59 Å². The molecule has 1 aliphatic rings. The highest BCUT2D eigenvalue weighted by molar-refractivity contribution is 7.08. The second kappa shape index (κ2) is 7.40. The molecule has 1 aromatic rings. The molecule has 110 valence electrons. The van der Waals surface area contributed by atoms with E-state index in [0.29, 0.717) is 24.9 Å². The molecule has 2 rings (SSSR count). The van der Waals surface area contributed by atoms with Gasteiger partial charge in [-0.3, -0.25) is 9.59 Å². The zero-order valence-electron chi connectivity index (χ0n) is 11.7. The molecule has 6 heteroatoms. The van der Waals surface area contributed by atoms with Gasteiger partial charge in [0.2, 0.25) is 5.91 Å². The number of nitrogens with one attached hydrogen (secondary N) is 2. The smallest absolute Gasteiger partial charge is 0.252 e. The van der Waals surface area contributed by atoms with Crippen LogP contribution in [0.1, 0.15) is 30.1 Å². The first-order chi connectivity index (χ1) is 9.68. The summed E-state index contributed by atoms with van der Waals surface area (Å²) in [5.74, 6) is 0.123. The molecule has 0 radical (unpaired) electrons. The van der Waals surface area contributed by atoms with E-state index >= 15 is 0 Å². The van der Waals surface area contributed by atoms with Gasteiger partial charge in [-0.05, 0) is 24.8 Å². The topological polar surface area (TPSA) is 61.4 Å². The molecule has 1 aromatic heterocycles. The summed E-state index contributed by atoms with van der Waals surface area (Å²) >= 11 is 1.50. The molecule has 2 N–H and O–H groups in total. The Balaban J connectivity index is 1.65. The second-order valence-electron chi connectivity index (χ2n) is 5.01. The molecule has 20 heavy (non-hydrogen) atoms. The maximum Gasteiger partial charge on any atom is 0.252 e. The fourth-order valence-electron chi connectivity index (χ4n) is 2.29. The van der Waals surface area contributed by atoms with Crippen LogP contribution in [0.5, 0.6) is 0 Å². The van der Waals surface area contributed by atoms with Crippen molar-refractivity contribution in [1.29, 1.82) is 0 Å². The highest BCUT2D eigenvalue weighted by Gasteiger charge is 2.22. The number of amides is 2. The minimum atomic E-state index is -0.0609. The van der Waals surface area contributed by atoms with Gasteiger partial charge in [-0.25, -0.2) is 0 Å². The molecule has 5 nitrogen and oxygen atoms in total. The number of nitrogens with zero attached hydrogens (tertiary/aromatic N) is 1. The minimum Gasteiger partial charge on any atom is -0.352 e. The third kappa shape index (κ3) is 4.05. The molecule has 1 aliphatic heterocycles. The number of carbonyl (C=O) groups excluding carboxylic acids is 2. The van der Waals surface area contributed by atoms with Gasteiger partial charge in [-0.1, -0.05) is 0 Å². The molecule has 2 heterocycles. The number of rotatable bonds is 5. The van der Waals surface area contributed by atoms with E-state index in [9.17, 15) is 9.59 Å². The van der Waals surface area contributed by atoms with E-state index in [2.05, 4.69) is 17.6 Å². The zero-order chi connectivity index (χ0) is 14.4. The molecule has 0 saturated carbocycles. The largest absolute Gasteiger partial charge is 0.352 e. The third-order valence-electron chi connectivity index (χ3n) is 3.46. The van der Waals surface area contributed by atoms with Gasteiger partial charge in [-0.2, -0.15) is 11.3 Å². The molecule has 0 spiro atoms. The van der Waals surface area contributed by atoms with Crippen molar-refractivity contribution in [2.24, 2.45) is 0 Å². The normalized spacial score (nSPS) is 18.9. The Morgan fingerprint density at radius 3 is 3.10 bits per heavy atom. The van der Waals surface area contributed by atoms with E-state index in [4.69, 9.17) is 0 Å². The molecule has 1 saturated heterocycles. The van der Waals surface area contributed by atoms with Crippen LogP contribution in [0, 0.1) is 0 Å². The van der Waals surface area contributed by atoms with Crippen molar-refractivity contribution >= 4 is 23.2 Å². The molecule has 0 aliphatic carbocycles. The van der Waals surface area contributed by atoms with E-state index < -0.39 is 0 Å². The van der Waals surface area contributed by atoms with E-state index in [1.807, 2.05) is 15.7 Å². The quantitative estimate of drug-likeness (QED) is 0.799. The Kier molecular flexibility index (Phi) is 5.55. The Bertz CT molecular complexity index is 447. The summed E-state index contributed by atoms with van der Waals surface area (Å²) in [5.41, 5.74) is 0.692.